The van der Waals surface area contributed by atoms with Crippen LogP contribution in [0.15, 0.2) is 48.5 Å². The lowest BCUT2D eigenvalue weighted by Crippen LogP contribution is -2.35. The number of rotatable bonds is 4. The summed E-state index contributed by atoms with van der Waals surface area (Å²) >= 11 is 5.88. The molecular weight excluding hydrogens is 272 g/mol. The number of anilines is 1. The fraction of sp³-hybridized carbons (Fsp3) is 0.188. The molecule has 104 valence electrons. The molecule has 20 heavy (non-hydrogen) atoms. The quantitative estimate of drug-likeness (QED) is 0.939. The van der Waals surface area contributed by atoms with Gasteiger partial charge in [0.2, 0.25) is 0 Å². The summed E-state index contributed by atoms with van der Waals surface area (Å²) in [5.74, 6) is -0.0576. The number of carbonyl (C=O) groups is 1. The zero-order valence-electron chi connectivity index (χ0n) is 11.3. The van der Waals surface area contributed by atoms with Gasteiger partial charge >= 0.3 is 0 Å². The first kappa shape index (κ1) is 14.6. The van der Waals surface area contributed by atoms with Gasteiger partial charge in [0.05, 0.1) is 0 Å². The Labute approximate surface area is 124 Å². The summed E-state index contributed by atoms with van der Waals surface area (Å²) in [6, 6.07) is 14.7. The normalized spacial score (nSPS) is 10.3. The molecular formula is C16H17ClN2O. The number of nitrogens with two attached hydrogens (primary N) is 1. The lowest BCUT2D eigenvalue weighted by molar-refractivity contribution is 0.0987. The first-order valence-electron chi connectivity index (χ1n) is 6.46. The molecule has 0 atom stereocenters. The van der Waals surface area contributed by atoms with E-state index < -0.39 is 0 Å². The van der Waals surface area contributed by atoms with E-state index in [1.54, 1.807) is 17.0 Å². The molecule has 2 aromatic rings. The van der Waals surface area contributed by atoms with Crippen molar-refractivity contribution in [2.75, 3.05) is 18.0 Å². The molecule has 2 N–H and O–H groups in total. The molecule has 0 aromatic heterocycles. The molecule has 0 saturated carbocycles. The molecule has 0 aliphatic rings. The number of hydrogen-bond acceptors (Lipinski definition) is 2. The van der Waals surface area contributed by atoms with E-state index in [2.05, 4.69) is 0 Å². The van der Waals surface area contributed by atoms with Crippen LogP contribution in [0, 0.1) is 6.92 Å². The van der Waals surface area contributed by atoms with Crippen LogP contribution in [0.1, 0.15) is 15.9 Å². The summed E-state index contributed by atoms with van der Waals surface area (Å²) < 4.78 is 0. The van der Waals surface area contributed by atoms with Crippen molar-refractivity contribution in [2.45, 2.75) is 6.92 Å². The first-order chi connectivity index (χ1) is 9.61. The van der Waals surface area contributed by atoms with Crippen LogP contribution in [0.5, 0.6) is 0 Å². The lowest BCUT2D eigenvalue weighted by atomic mass is 10.1. The number of amides is 1. The molecule has 0 aliphatic heterocycles. The van der Waals surface area contributed by atoms with Crippen LogP contribution in [0.2, 0.25) is 5.02 Å². The maximum absolute atomic E-state index is 12.6. The van der Waals surface area contributed by atoms with Crippen molar-refractivity contribution in [1.29, 1.82) is 0 Å². The first-order valence-corrected chi connectivity index (χ1v) is 6.84. The number of halogens is 1. The van der Waals surface area contributed by atoms with Gasteiger partial charge in [0.15, 0.2) is 0 Å². The summed E-state index contributed by atoms with van der Waals surface area (Å²) in [6.45, 7) is 2.86. The molecule has 0 fully saturated rings. The predicted octanol–water partition coefficient (Wildman–Crippen LogP) is 3.25. The van der Waals surface area contributed by atoms with E-state index in [1.807, 2.05) is 43.3 Å². The Balaban J connectivity index is 2.30. The smallest absolute Gasteiger partial charge is 0.258 e. The molecule has 0 heterocycles. The van der Waals surface area contributed by atoms with Crippen LogP contribution in [0.3, 0.4) is 0 Å². The second-order valence-corrected chi connectivity index (χ2v) is 5.02. The number of aryl methyl sites for hydroxylation is 1. The van der Waals surface area contributed by atoms with Crippen LogP contribution < -0.4 is 10.6 Å². The Kier molecular flexibility index (Phi) is 4.77. The van der Waals surface area contributed by atoms with Crippen molar-refractivity contribution in [3.8, 4) is 0 Å². The average molecular weight is 289 g/mol. The molecule has 4 heteroatoms. The third-order valence-corrected chi connectivity index (χ3v) is 3.29. The number of carbonyl (C=O) groups excluding carboxylic acids is 1. The highest BCUT2D eigenvalue weighted by molar-refractivity contribution is 6.30. The van der Waals surface area contributed by atoms with Crippen molar-refractivity contribution in [2.24, 2.45) is 5.73 Å². The van der Waals surface area contributed by atoms with Crippen LogP contribution in [-0.2, 0) is 0 Å². The van der Waals surface area contributed by atoms with Gasteiger partial charge in [-0.2, -0.15) is 0 Å². The van der Waals surface area contributed by atoms with Gasteiger partial charge in [0.1, 0.15) is 0 Å². The highest BCUT2D eigenvalue weighted by Gasteiger charge is 2.16. The Morgan fingerprint density at radius 2 is 1.70 bits per heavy atom. The summed E-state index contributed by atoms with van der Waals surface area (Å²) in [7, 11) is 0. The SMILES string of the molecule is Cc1ccc(C(=O)N(CCN)c2ccc(Cl)cc2)cc1. The third-order valence-electron chi connectivity index (χ3n) is 3.03. The molecule has 0 radical (unpaired) electrons. The van der Waals surface area contributed by atoms with Gasteiger partial charge in [-0.15, -0.1) is 0 Å². The Hall–Kier alpha value is -1.84. The van der Waals surface area contributed by atoms with E-state index in [0.29, 0.717) is 23.7 Å². The van der Waals surface area contributed by atoms with E-state index in [4.69, 9.17) is 17.3 Å². The molecule has 2 aromatic carbocycles. The van der Waals surface area contributed by atoms with Crippen LogP contribution in [0.4, 0.5) is 5.69 Å². The van der Waals surface area contributed by atoms with Crippen molar-refractivity contribution in [3.05, 3.63) is 64.7 Å². The maximum atomic E-state index is 12.6. The van der Waals surface area contributed by atoms with Gasteiger partial charge in [0, 0.05) is 29.4 Å². The molecule has 0 aliphatic carbocycles. The van der Waals surface area contributed by atoms with Crippen molar-refractivity contribution in [3.63, 3.8) is 0 Å². The van der Waals surface area contributed by atoms with Crippen molar-refractivity contribution >= 4 is 23.2 Å². The Bertz CT molecular complexity index is 578. The highest BCUT2D eigenvalue weighted by atomic mass is 35.5. The minimum Gasteiger partial charge on any atom is -0.329 e. The summed E-state index contributed by atoms with van der Waals surface area (Å²) in [5, 5.41) is 0.643. The molecule has 0 unspecified atom stereocenters. The van der Waals surface area contributed by atoms with Crippen LogP contribution >= 0.6 is 11.6 Å². The third kappa shape index (κ3) is 3.38. The van der Waals surface area contributed by atoms with Gasteiger partial charge < -0.3 is 10.6 Å². The predicted molar refractivity (Wildman–Crippen MR) is 83.4 cm³/mol. The van der Waals surface area contributed by atoms with Gasteiger partial charge in [-0.1, -0.05) is 29.3 Å². The van der Waals surface area contributed by atoms with E-state index in [-0.39, 0.29) is 5.91 Å². The molecule has 2 rings (SSSR count). The van der Waals surface area contributed by atoms with E-state index in [1.165, 1.54) is 0 Å². The molecule has 0 spiro atoms. The molecule has 0 saturated heterocycles. The Morgan fingerprint density at radius 1 is 1.10 bits per heavy atom. The topological polar surface area (TPSA) is 46.3 Å². The summed E-state index contributed by atoms with van der Waals surface area (Å²) in [5.41, 5.74) is 8.19. The van der Waals surface area contributed by atoms with Crippen LogP contribution in [-0.4, -0.2) is 19.0 Å². The van der Waals surface area contributed by atoms with Gasteiger partial charge in [0.25, 0.3) is 5.91 Å². The minimum absolute atomic E-state index is 0.0576. The number of benzene rings is 2. The van der Waals surface area contributed by atoms with Gasteiger partial charge in [-0.25, -0.2) is 0 Å². The summed E-state index contributed by atoms with van der Waals surface area (Å²) in [4.78, 5) is 14.2. The lowest BCUT2D eigenvalue weighted by Gasteiger charge is -2.22. The van der Waals surface area contributed by atoms with E-state index in [9.17, 15) is 4.79 Å². The zero-order valence-corrected chi connectivity index (χ0v) is 12.1. The Morgan fingerprint density at radius 3 is 2.25 bits per heavy atom. The molecule has 3 nitrogen and oxygen atoms in total. The van der Waals surface area contributed by atoms with Gasteiger partial charge in [-0.05, 0) is 43.3 Å². The van der Waals surface area contributed by atoms with E-state index in [0.717, 1.165) is 11.3 Å². The average Bonchev–Trinajstić information content (AvgIpc) is 2.46. The second-order valence-electron chi connectivity index (χ2n) is 4.59. The maximum Gasteiger partial charge on any atom is 0.258 e. The van der Waals surface area contributed by atoms with Crippen LogP contribution in [0.25, 0.3) is 0 Å². The second kappa shape index (κ2) is 6.55. The highest BCUT2D eigenvalue weighted by Crippen LogP contribution is 2.20. The number of nitrogens with zero attached hydrogens (tertiary/aromatic N) is 1. The van der Waals surface area contributed by atoms with Gasteiger partial charge in [-0.3, -0.25) is 4.79 Å². The fourth-order valence-electron chi connectivity index (χ4n) is 1.95. The molecule has 0 bridgehead atoms. The minimum atomic E-state index is -0.0576. The monoisotopic (exact) mass is 288 g/mol. The van der Waals surface area contributed by atoms with Crippen molar-refractivity contribution < 1.29 is 4.79 Å². The van der Waals surface area contributed by atoms with Crippen molar-refractivity contribution in [1.82, 2.24) is 0 Å². The molecule has 1 amide bonds. The zero-order chi connectivity index (χ0) is 14.5. The fourth-order valence-corrected chi connectivity index (χ4v) is 2.08. The number of hydrogen-bond donors (Lipinski definition) is 1. The van der Waals surface area contributed by atoms with E-state index >= 15 is 0 Å². The largest absolute Gasteiger partial charge is 0.329 e. The standard InChI is InChI=1S/C16H17ClN2O/c1-12-2-4-13(5-3-12)16(20)19(11-10-18)15-8-6-14(17)7-9-15/h2-9H,10-11,18H2,1H3. The summed E-state index contributed by atoms with van der Waals surface area (Å²) in [6.07, 6.45) is 0.